The molecule has 0 aromatic heterocycles. The van der Waals surface area contributed by atoms with Crippen LogP contribution >= 0.6 is 0 Å². The SMILES string of the molecule is CCCCC/C=C\C/C=C\CCCCCCCC(=O)OC(COC(=O)CCCCCCC/C=C\CCCCC)COC(=O)CCCCCCCCCCCCCCCCCCCCCCC. The predicted octanol–water partition coefficient (Wildman–Crippen LogP) is 19.3. The van der Waals surface area contributed by atoms with Gasteiger partial charge in [0.25, 0.3) is 0 Å². The summed E-state index contributed by atoms with van der Waals surface area (Å²) in [5, 5.41) is 0. The first-order valence-corrected chi connectivity index (χ1v) is 29.0. The number of hydrogen-bond acceptors (Lipinski definition) is 6. The molecule has 386 valence electrons. The van der Waals surface area contributed by atoms with Crippen LogP contribution in [0.15, 0.2) is 36.5 Å². The van der Waals surface area contributed by atoms with Crippen molar-refractivity contribution in [2.75, 3.05) is 13.2 Å². The number of carbonyl (C=O) groups is 3. The van der Waals surface area contributed by atoms with Crippen molar-refractivity contribution in [1.29, 1.82) is 0 Å². The Hall–Kier alpha value is -2.37. The van der Waals surface area contributed by atoms with E-state index in [-0.39, 0.29) is 31.1 Å². The third-order valence-electron chi connectivity index (χ3n) is 12.9. The number of carbonyl (C=O) groups excluding carboxylic acids is 3. The Kier molecular flexibility index (Phi) is 53.2. The molecular weight excluding hydrogens is 817 g/mol. The summed E-state index contributed by atoms with van der Waals surface area (Å²) in [4.78, 5) is 38.1. The molecule has 0 aromatic rings. The maximum Gasteiger partial charge on any atom is 0.306 e. The minimum Gasteiger partial charge on any atom is -0.462 e. The molecule has 0 fully saturated rings. The summed E-state index contributed by atoms with van der Waals surface area (Å²) >= 11 is 0. The molecule has 1 atom stereocenters. The third kappa shape index (κ3) is 52.6. The van der Waals surface area contributed by atoms with Gasteiger partial charge in [-0.3, -0.25) is 14.4 Å². The van der Waals surface area contributed by atoms with Gasteiger partial charge in [-0.2, -0.15) is 0 Å². The van der Waals surface area contributed by atoms with E-state index in [4.69, 9.17) is 14.2 Å². The van der Waals surface area contributed by atoms with Gasteiger partial charge in [0.05, 0.1) is 0 Å². The number of esters is 3. The van der Waals surface area contributed by atoms with Crippen molar-refractivity contribution in [2.24, 2.45) is 0 Å². The largest absolute Gasteiger partial charge is 0.462 e. The Balaban J connectivity index is 4.29. The molecule has 6 heteroatoms. The molecule has 0 spiro atoms. The van der Waals surface area contributed by atoms with Gasteiger partial charge in [-0.15, -0.1) is 0 Å². The average molecular weight is 928 g/mol. The normalized spacial score (nSPS) is 12.2. The lowest BCUT2D eigenvalue weighted by molar-refractivity contribution is -0.167. The monoisotopic (exact) mass is 927 g/mol. The lowest BCUT2D eigenvalue weighted by Gasteiger charge is -2.18. The van der Waals surface area contributed by atoms with E-state index in [0.29, 0.717) is 19.3 Å². The van der Waals surface area contributed by atoms with Crippen molar-refractivity contribution in [3.8, 4) is 0 Å². The molecule has 0 aliphatic heterocycles. The van der Waals surface area contributed by atoms with Crippen LogP contribution in [0.5, 0.6) is 0 Å². The molecule has 1 unspecified atom stereocenters. The molecule has 0 N–H and O–H groups in total. The Labute approximate surface area is 410 Å². The van der Waals surface area contributed by atoms with Gasteiger partial charge in [0.1, 0.15) is 13.2 Å². The zero-order valence-corrected chi connectivity index (χ0v) is 44.2. The van der Waals surface area contributed by atoms with E-state index in [2.05, 4.69) is 57.2 Å². The Morgan fingerprint density at radius 2 is 0.545 bits per heavy atom. The van der Waals surface area contributed by atoms with Gasteiger partial charge < -0.3 is 14.2 Å². The number of rotatable bonds is 53. The van der Waals surface area contributed by atoms with Crippen LogP contribution in [0.3, 0.4) is 0 Å². The van der Waals surface area contributed by atoms with E-state index in [1.807, 2.05) is 0 Å². The molecule has 0 rings (SSSR count). The third-order valence-corrected chi connectivity index (χ3v) is 12.9. The zero-order valence-electron chi connectivity index (χ0n) is 44.2. The highest BCUT2D eigenvalue weighted by Crippen LogP contribution is 2.17. The fraction of sp³-hybridized carbons (Fsp3) is 0.850. The summed E-state index contributed by atoms with van der Waals surface area (Å²) in [7, 11) is 0. The molecule has 0 aliphatic carbocycles. The van der Waals surface area contributed by atoms with Crippen LogP contribution in [0.2, 0.25) is 0 Å². The van der Waals surface area contributed by atoms with Gasteiger partial charge in [0.2, 0.25) is 0 Å². The second kappa shape index (κ2) is 55.2. The first kappa shape index (κ1) is 63.6. The average Bonchev–Trinajstić information content (AvgIpc) is 3.31. The second-order valence-electron chi connectivity index (χ2n) is 19.6. The van der Waals surface area contributed by atoms with Gasteiger partial charge in [-0.05, 0) is 77.0 Å². The first-order chi connectivity index (χ1) is 32.5. The molecule has 0 aromatic carbocycles. The Bertz CT molecular complexity index is 1110. The number of unbranched alkanes of at least 4 members (excludes halogenated alkanes) is 36. The zero-order chi connectivity index (χ0) is 47.9. The Morgan fingerprint density at radius 3 is 0.879 bits per heavy atom. The van der Waals surface area contributed by atoms with Gasteiger partial charge in [0.15, 0.2) is 6.10 Å². The quantitative estimate of drug-likeness (QED) is 0.0262. The topological polar surface area (TPSA) is 78.9 Å². The summed E-state index contributed by atoms with van der Waals surface area (Å²) in [6, 6.07) is 0. The summed E-state index contributed by atoms with van der Waals surface area (Å²) in [5.41, 5.74) is 0. The maximum absolute atomic E-state index is 12.8. The van der Waals surface area contributed by atoms with E-state index >= 15 is 0 Å². The van der Waals surface area contributed by atoms with Gasteiger partial charge >= 0.3 is 17.9 Å². The molecule has 0 heterocycles. The van der Waals surface area contributed by atoms with Crippen molar-refractivity contribution < 1.29 is 28.6 Å². The number of hydrogen-bond donors (Lipinski definition) is 0. The minimum atomic E-state index is -0.780. The number of allylic oxidation sites excluding steroid dienone is 6. The van der Waals surface area contributed by atoms with Crippen LogP contribution in [0, 0.1) is 0 Å². The fourth-order valence-corrected chi connectivity index (χ4v) is 8.47. The fourth-order valence-electron chi connectivity index (χ4n) is 8.47. The molecule has 0 amide bonds. The smallest absolute Gasteiger partial charge is 0.306 e. The Morgan fingerprint density at radius 1 is 0.303 bits per heavy atom. The van der Waals surface area contributed by atoms with E-state index in [1.54, 1.807) is 0 Å². The predicted molar refractivity (Wildman–Crippen MR) is 284 cm³/mol. The molecule has 0 saturated heterocycles. The van der Waals surface area contributed by atoms with Crippen molar-refractivity contribution in [1.82, 2.24) is 0 Å². The van der Waals surface area contributed by atoms with Crippen LogP contribution in [-0.4, -0.2) is 37.2 Å². The van der Waals surface area contributed by atoms with E-state index in [0.717, 1.165) is 89.9 Å². The number of ether oxygens (including phenoxy) is 3. The van der Waals surface area contributed by atoms with Crippen LogP contribution in [-0.2, 0) is 28.6 Å². The molecule has 0 aliphatic rings. The van der Waals surface area contributed by atoms with Crippen molar-refractivity contribution in [3.63, 3.8) is 0 Å². The molecule has 66 heavy (non-hydrogen) atoms. The lowest BCUT2D eigenvalue weighted by Crippen LogP contribution is -2.30. The van der Waals surface area contributed by atoms with E-state index < -0.39 is 6.10 Å². The summed E-state index contributed by atoms with van der Waals surface area (Å²) in [6.07, 6.45) is 65.7. The molecule has 0 saturated carbocycles. The first-order valence-electron chi connectivity index (χ1n) is 29.0. The molecule has 6 nitrogen and oxygen atoms in total. The van der Waals surface area contributed by atoms with Crippen LogP contribution in [0.4, 0.5) is 0 Å². The summed E-state index contributed by atoms with van der Waals surface area (Å²) in [6.45, 7) is 6.61. The van der Waals surface area contributed by atoms with E-state index in [9.17, 15) is 14.4 Å². The summed E-state index contributed by atoms with van der Waals surface area (Å²) in [5.74, 6) is -0.885. The van der Waals surface area contributed by atoms with Crippen LogP contribution in [0.25, 0.3) is 0 Å². The van der Waals surface area contributed by atoms with Crippen molar-refractivity contribution in [2.45, 2.75) is 316 Å². The van der Waals surface area contributed by atoms with Gasteiger partial charge in [-0.25, -0.2) is 0 Å². The minimum absolute atomic E-state index is 0.0771. The molecular formula is C60H110O6. The molecule has 0 radical (unpaired) electrons. The summed E-state index contributed by atoms with van der Waals surface area (Å²) < 4.78 is 16.8. The highest BCUT2D eigenvalue weighted by atomic mass is 16.6. The van der Waals surface area contributed by atoms with Crippen molar-refractivity contribution >= 4 is 17.9 Å². The second-order valence-corrected chi connectivity index (χ2v) is 19.6. The maximum atomic E-state index is 12.8. The highest BCUT2D eigenvalue weighted by Gasteiger charge is 2.19. The van der Waals surface area contributed by atoms with Gasteiger partial charge in [0, 0.05) is 19.3 Å². The van der Waals surface area contributed by atoms with E-state index in [1.165, 1.54) is 180 Å². The van der Waals surface area contributed by atoms with Crippen molar-refractivity contribution in [3.05, 3.63) is 36.5 Å². The van der Waals surface area contributed by atoms with Crippen LogP contribution < -0.4 is 0 Å². The lowest BCUT2D eigenvalue weighted by atomic mass is 10.0. The molecule has 0 bridgehead atoms. The standard InChI is InChI=1S/C60H110O6/c1-4-7-10-13-16-19-22-25-27-28-29-30-31-32-34-35-38-41-44-47-50-53-59(62)65-56-57(55-64-58(61)52-49-46-43-40-37-24-21-18-15-12-9-6-3)66-60(63)54-51-48-45-42-39-36-33-26-23-20-17-14-11-8-5-2/h17-18,20-21,26,33,57H,4-16,19,22-25,27-32,34-56H2,1-3H3/b20-17-,21-18-,33-26-. The van der Waals surface area contributed by atoms with Crippen LogP contribution in [0.1, 0.15) is 310 Å². The highest BCUT2D eigenvalue weighted by molar-refractivity contribution is 5.71. The van der Waals surface area contributed by atoms with Gasteiger partial charge in [-0.1, -0.05) is 250 Å².